The van der Waals surface area contributed by atoms with Crippen molar-refractivity contribution in [3.63, 3.8) is 0 Å². The molecule has 1 aromatic carbocycles. The number of nitrogens with one attached hydrogen (secondary N) is 2. The van der Waals surface area contributed by atoms with Gasteiger partial charge in [-0.3, -0.25) is 9.36 Å². The molecule has 0 aliphatic heterocycles. The number of hydrogen-bond donors (Lipinski definition) is 2. The molecule has 1 fully saturated rings. The first-order valence-corrected chi connectivity index (χ1v) is 9.22. The zero-order valence-corrected chi connectivity index (χ0v) is 15.1. The van der Waals surface area contributed by atoms with Gasteiger partial charge in [-0.1, -0.05) is 37.8 Å². The van der Waals surface area contributed by atoms with Gasteiger partial charge in [-0.15, -0.1) is 0 Å². The zero-order chi connectivity index (χ0) is 17.8. The van der Waals surface area contributed by atoms with Crippen LogP contribution in [0.3, 0.4) is 0 Å². The van der Waals surface area contributed by atoms with Crippen molar-refractivity contribution in [1.82, 2.24) is 15.2 Å². The molecule has 0 radical (unpaired) electrons. The van der Waals surface area contributed by atoms with Crippen molar-refractivity contribution < 1.29 is 9.59 Å². The summed E-state index contributed by atoms with van der Waals surface area (Å²) >= 11 is 0. The highest BCUT2D eigenvalue weighted by Gasteiger charge is 2.20. The molecule has 3 rings (SSSR count). The van der Waals surface area contributed by atoms with E-state index in [0.29, 0.717) is 11.5 Å². The lowest BCUT2D eigenvalue weighted by molar-refractivity contribution is 0.0947. The summed E-state index contributed by atoms with van der Waals surface area (Å²) in [5.41, 5.74) is 2.34. The summed E-state index contributed by atoms with van der Waals surface area (Å²) < 4.78 is 1.52. The van der Waals surface area contributed by atoms with Crippen LogP contribution in [-0.2, 0) is 0 Å². The fourth-order valence-electron chi connectivity index (χ4n) is 3.83. The summed E-state index contributed by atoms with van der Waals surface area (Å²) in [4.78, 5) is 24.9. The van der Waals surface area contributed by atoms with Gasteiger partial charge in [-0.2, -0.15) is 0 Å². The molecule has 1 aliphatic carbocycles. The first-order valence-electron chi connectivity index (χ1n) is 9.22. The fourth-order valence-corrected chi connectivity index (χ4v) is 3.83. The molecule has 1 aromatic heterocycles. The lowest BCUT2D eigenvalue weighted by Gasteiger charge is -2.14. The summed E-state index contributed by atoms with van der Waals surface area (Å²) in [6, 6.07) is 5.51. The molecule has 1 aliphatic rings. The van der Waals surface area contributed by atoms with Crippen LogP contribution in [0.2, 0.25) is 0 Å². The molecule has 2 amide bonds. The predicted octanol–water partition coefficient (Wildman–Crippen LogP) is 3.84. The number of fused-ring (bicyclic) bond motifs is 1. The van der Waals surface area contributed by atoms with Crippen LogP contribution in [0.15, 0.2) is 24.4 Å². The van der Waals surface area contributed by atoms with Gasteiger partial charge in [0.2, 0.25) is 0 Å². The summed E-state index contributed by atoms with van der Waals surface area (Å²) in [7, 11) is 1.59. The summed E-state index contributed by atoms with van der Waals surface area (Å²) in [5, 5.41) is 6.58. The Balaban J connectivity index is 1.84. The van der Waals surface area contributed by atoms with E-state index in [2.05, 4.69) is 10.6 Å². The van der Waals surface area contributed by atoms with Gasteiger partial charge >= 0.3 is 6.03 Å². The van der Waals surface area contributed by atoms with Gasteiger partial charge in [0.1, 0.15) is 0 Å². The van der Waals surface area contributed by atoms with E-state index in [9.17, 15) is 9.59 Å². The van der Waals surface area contributed by atoms with Gasteiger partial charge in [-0.25, -0.2) is 4.79 Å². The Bertz CT molecular complexity index is 771. The van der Waals surface area contributed by atoms with E-state index in [1.807, 2.05) is 25.1 Å². The first kappa shape index (κ1) is 17.5. The molecule has 5 heteroatoms. The van der Waals surface area contributed by atoms with Crippen molar-refractivity contribution >= 4 is 22.8 Å². The molecule has 5 nitrogen and oxygen atoms in total. The molecule has 0 unspecified atom stereocenters. The average Bonchev–Trinajstić information content (AvgIpc) is 2.83. The van der Waals surface area contributed by atoms with E-state index in [-0.39, 0.29) is 11.9 Å². The van der Waals surface area contributed by atoms with Crippen LogP contribution in [-0.4, -0.2) is 30.1 Å². The zero-order valence-electron chi connectivity index (χ0n) is 15.1. The molecule has 1 heterocycles. The number of carbonyl (C=O) groups is 2. The Morgan fingerprint density at radius 1 is 1.16 bits per heavy atom. The molecule has 25 heavy (non-hydrogen) atoms. The highest BCUT2D eigenvalue weighted by molar-refractivity contribution is 6.10. The van der Waals surface area contributed by atoms with Crippen LogP contribution in [0.25, 0.3) is 10.9 Å². The quantitative estimate of drug-likeness (QED) is 0.833. The molecule has 0 atom stereocenters. The second-order valence-electron chi connectivity index (χ2n) is 7.00. The number of amides is 2. The molecular formula is C20H27N3O2. The molecule has 1 saturated carbocycles. The lowest BCUT2D eigenvalue weighted by atomic mass is 10.00. The Kier molecular flexibility index (Phi) is 5.41. The number of aryl methyl sites for hydroxylation is 1. The van der Waals surface area contributed by atoms with E-state index in [0.717, 1.165) is 23.0 Å². The lowest BCUT2D eigenvalue weighted by Crippen LogP contribution is -2.29. The Morgan fingerprint density at radius 2 is 1.88 bits per heavy atom. The average molecular weight is 341 g/mol. The van der Waals surface area contributed by atoms with Crippen molar-refractivity contribution in [3.8, 4) is 0 Å². The van der Waals surface area contributed by atoms with Crippen LogP contribution < -0.4 is 10.6 Å². The van der Waals surface area contributed by atoms with Gasteiger partial charge in [0, 0.05) is 25.2 Å². The third kappa shape index (κ3) is 3.70. The van der Waals surface area contributed by atoms with E-state index in [1.54, 1.807) is 13.2 Å². The molecular weight excluding hydrogens is 314 g/mol. The van der Waals surface area contributed by atoms with Crippen LogP contribution in [0.5, 0.6) is 0 Å². The SMILES string of the molecule is CNC(=O)n1cc(C(=O)NCC2CCCCCC2)c2c(C)cccc21. The maximum absolute atomic E-state index is 12.8. The number of carbonyl (C=O) groups excluding carboxylic acids is 2. The van der Waals surface area contributed by atoms with Gasteiger partial charge in [0.25, 0.3) is 5.91 Å². The highest BCUT2D eigenvalue weighted by Crippen LogP contribution is 2.26. The number of aromatic nitrogens is 1. The molecule has 0 spiro atoms. The smallest absolute Gasteiger partial charge is 0.325 e. The van der Waals surface area contributed by atoms with Crippen LogP contribution >= 0.6 is 0 Å². The topological polar surface area (TPSA) is 63.1 Å². The molecule has 134 valence electrons. The second-order valence-corrected chi connectivity index (χ2v) is 7.00. The summed E-state index contributed by atoms with van der Waals surface area (Å²) in [6.45, 7) is 2.69. The van der Waals surface area contributed by atoms with Crippen LogP contribution in [0, 0.1) is 12.8 Å². The van der Waals surface area contributed by atoms with E-state index in [1.165, 1.54) is 43.1 Å². The normalized spacial score (nSPS) is 15.8. The van der Waals surface area contributed by atoms with E-state index >= 15 is 0 Å². The predicted molar refractivity (Wildman–Crippen MR) is 100 cm³/mol. The standard InChI is InChI=1S/C20H27N3O2/c1-14-8-7-11-17-18(14)16(13-23(17)20(25)21-2)19(24)22-12-15-9-5-3-4-6-10-15/h7-8,11,13,15H,3-6,9-10,12H2,1-2H3,(H,21,25)(H,22,24). The Hall–Kier alpha value is -2.30. The summed E-state index contributed by atoms with van der Waals surface area (Å²) in [6.07, 6.45) is 9.18. The number of benzene rings is 1. The van der Waals surface area contributed by atoms with Crippen molar-refractivity contribution in [2.24, 2.45) is 5.92 Å². The second kappa shape index (κ2) is 7.72. The maximum atomic E-state index is 12.8. The van der Waals surface area contributed by atoms with Crippen molar-refractivity contribution in [2.45, 2.75) is 45.4 Å². The minimum Gasteiger partial charge on any atom is -0.352 e. The van der Waals surface area contributed by atoms with Crippen LogP contribution in [0.1, 0.15) is 54.4 Å². The highest BCUT2D eigenvalue weighted by atomic mass is 16.2. The van der Waals surface area contributed by atoms with Gasteiger partial charge in [0.15, 0.2) is 0 Å². The van der Waals surface area contributed by atoms with Gasteiger partial charge in [-0.05, 0) is 37.3 Å². The third-order valence-corrected chi connectivity index (χ3v) is 5.24. The third-order valence-electron chi connectivity index (χ3n) is 5.24. The Labute approximate surface area is 148 Å². The largest absolute Gasteiger partial charge is 0.352 e. The number of nitrogens with zero attached hydrogens (tertiary/aromatic N) is 1. The molecule has 2 N–H and O–H groups in total. The van der Waals surface area contributed by atoms with Crippen LogP contribution in [0.4, 0.5) is 4.79 Å². The summed E-state index contributed by atoms with van der Waals surface area (Å²) in [5.74, 6) is 0.478. The number of hydrogen-bond acceptors (Lipinski definition) is 2. The Morgan fingerprint density at radius 3 is 2.56 bits per heavy atom. The monoisotopic (exact) mass is 341 g/mol. The van der Waals surface area contributed by atoms with Gasteiger partial charge in [0.05, 0.1) is 11.1 Å². The number of rotatable bonds is 3. The van der Waals surface area contributed by atoms with E-state index in [4.69, 9.17) is 0 Å². The van der Waals surface area contributed by atoms with E-state index < -0.39 is 0 Å². The minimum absolute atomic E-state index is 0.0915. The fraction of sp³-hybridized carbons (Fsp3) is 0.500. The molecule has 0 bridgehead atoms. The minimum atomic E-state index is -0.238. The molecule has 2 aromatic rings. The van der Waals surface area contributed by atoms with Crippen molar-refractivity contribution in [1.29, 1.82) is 0 Å². The van der Waals surface area contributed by atoms with Crippen molar-refractivity contribution in [3.05, 3.63) is 35.5 Å². The maximum Gasteiger partial charge on any atom is 0.325 e. The van der Waals surface area contributed by atoms with Crippen molar-refractivity contribution in [2.75, 3.05) is 13.6 Å². The first-order chi connectivity index (χ1) is 12.1. The molecule has 0 saturated heterocycles. The van der Waals surface area contributed by atoms with Gasteiger partial charge < -0.3 is 10.6 Å².